The predicted octanol–water partition coefficient (Wildman–Crippen LogP) is 3.71. The Balaban J connectivity index is 1.80. The summed E-state index contributed by atoms with van der Waals surface area (Å²) in [5.41, 5.74) is 3.78. The summed E-state index contributed by atoms with van der Waals surface area (Å²) >= 11 is 0. The third-order valence-corrected chi connectivity index (χ3v) is 6.73. The number of aliphatic hydroxyl groups excluding tert-OH is 1. The maximum absolute atomic E-state index is 13.9. The van der Waals surface area contributed by atoms with Crippen molar-refractivity contribution in [3.05, 3.63) is 70.5 Å². The number of piperidine rings is 1. The van der Waals surface area contributed by atoms with E-state index >= 15 is 0 Å². The zero-order valence-corrected chi connectivity index (χ0v) is 21.2. The Morgan fingerprint density at radius 1 is 1.24 bits per heavy atom. The monoisotopic (exact) mass is 469 g/mol. The molecule has 34 heavy (non-hydrogen) atoms. The molecule has 0 aliphatic carbocycles. The maximum Gasteiger partial charge on any atom is 0.217 e. The van der Waals surface area contributed by atoms with Gasteiger partial charge >= 0.3 is 0 Å². The van der Waals surface area contributed by atoms with E-state index in [2.05, 4.69) is 61.0 Å². The first kappa shape index (κ1) is 26.3. The van der Waals surface area contributed by atoms with E-state index in [9.17, 15) is 14.3 Å². The van der Waals surface area contributed by atoms with E-state index in [4.69, 9.17) is 0 Å². The number of carbonyl (C=O) groups is 1. The highest BCUT2D eigenvalue weighted by Gasteiger charge is 2.35. The number of hydrogen-bond acceptors (Lipinski definition) is 4. The van der Waals surface area contributed by atoms with Crippen LogP contribution in [0.15, 0.2) is 42.5 Å². The van der Waals surface area contributed by atoms with Crippen molar-refractivity contribution < 1.29 is 14.3 Å². The molecule has 1 amide bonds. The lowest BCUT2D eigenvalue weighted by molar-refractivity contribution is -0.120. The Morgan fingerprint density at radius 3 is 2.62 bits per heavy atom. The molecule has 2 aromatic carbocycles. The van der Waals surface area contributed by atoms with Gasteiger partial charge in [-0.25, -0.2) is 4.39 Å². The highest BCUT2D eigenvalue weighted by atomic mass is 19.1. The van der Waals surface area contributed by atoms with E-state index in [1.807, 2.05) is 13.0 Å². The minimum absolute atomic E-state index is 0.0401. The molecule has 0 aromatic heterocycles. The number of benzene rings is 2. The van der Waals surface area contributed by atoms with Crippen LogP contribution >= 0.6 is 0 Å². The second-order valence-corrected chi connectivity index (χ2v) is 10.8. The Kier molecular flexibility index (Phi) is 8.50. The van der Waals surface area contributed by atoms with Crippen molar-refractivity contribution >= 4 is 5.91 Å². The lowest BCUT2D eigenvalue weighted by Gasteiger charge is -2.41. The van der Waals surface area contributed by atoms with E-state index in [0.717, 1.165) is 37.1 Å². The molecule has 0 saturated carbocycles. The number of halogens is 1. The molecule has 0 radical (unpaired) electrons. The standard InChI is InChI=1S/C28H40FN3O2/c1-19-12-21(14-24(29)13-19)15-25(32-20(2)33)26(34)17-31-28(10-7-11-30-18-28)23-9-6-8-22(16-23)27(3,4)5/h6,8-9,12-14,16,25-26,30-31,34H,7,10-11,15,17-18H2,1-5H3,(H,32,33). The molecule has 1 aliphatic rings. The molecule has 1 aliphatic heterocycles. The van der Waals surface area contributed by atoms with Gasteiger partial charge in [0.25, 0.3) is 0 Å². The number of rotatable bonds is 8. The van der Waals surface area contributed by atoms with Crippen molar-refractivity contribution in [1.82, 2.24) is 16.0 Å². The normalized spacial score (nSPS) is 20.6. The number of amides is 1. The molecule has 3 atom stereocenters. The summed E-state index contributed by atoms with van der Waals surface area (Å²) in [6, 6.07) is 13.0. The van der Waals surface area contributed by atoms with Gasteiger partial charge in [-0.2, -0.15) is 0 Å². The summed E-state index contributed by atoms with van der Waals surface area (Å²) in [5.74, 6) is -0.528. The molecule has 0 bridgehead atoms. The maximum atomic E-state index is 13.9. The van der Waals surface area contributed by atoms with E-state index in [1.165, 1.54) is 30.2 Å². The fraction of sp³-hybridized carbons (Fsp3) is 0.536. The fourth-order valence-corrected chi connectivity index (χ4v) is 4.86. The molecule has 186 valence electrons. The molecule has 1 fully saturated rings. The largest absolute Gasteiger partial charge is 0.390 e. The second-order valence-electron chi connectivity index (χ2n) is 10.8. The lowest BCUT2D eigenvalue weighted by atomic mass is 9.79. The van der Waals surface area contributed by atoms with Gasteiger partial charge in [0.1, 0.15) is 5.82 Å². The van der Waals surface area contributed by atoms with Crippen molar-refractivity contribution in [3.63, 3.8) is 0 Å². The van der Waals surface area contributed by atoms with Gasteiger partial charge in [0.05, 0.1) is 17.7 Å². The van der Waals surface area contributed by atoms with E-state index in [-0.39, 0.29) is 22.7 Å². The zero-order chi connectivity index (χ0) is 24.9. The van der Waals surface area contributed by atoms with Crippen LogP contribution in [-0.2, 0) is 22.2 Å². The summed E-state index contributed by atoms with van der Waals surface area (Å²) in [5, 5.41) is 21.2. The first-order valence-electron chi connectivity index (χ1n) is 12.3. The van der Waals surface area contributed by atoms with Crippen LogP contribution in [0.2, 0.25) is 0 Å². The quantitative estimate of drug-likeness (QED) is 0.476. The van der Waals surface area contributed by atoms with Gasteiger partial charge in [0, 0.05) is 20.0 Å². The van der Waals surface area contributed by atoms with Gasteiger partial charge in [-0.05, 0) is 72.5 Å². The van der Waals surface area contributed by atoms with Crippen LogP contribution in [0, 0.1) is 12.7 Å². The predicted molar refractivity (Wildman–Crippen MR) is 135 cm³/mol. The van der Waals surface area contributed by atoms with Gasteiger partial charge in [-0.3, -0.25) is 4.79 Å². The Labute approximate surface area is 203 Å². The van der Waals surface area contributed by atoms with Crippen molar-refractivity contribution in [2.24, 2.45) is 0 Å². The van der Waals surface area contributed by atoms with Gasteiger partial charge < -0.3 is 21.1 Å². The fourth-order valence-electron chi connectivity index (χ4n) is 4.86. The summed E-state index contributed by atoms with van der Waals surface area (Å²) in [4.78, 5) is 11.9. The molecule has 0 spiro atoms. The Hall–Kier alpha value is -2.28. The molecule has 1 heterocycles. The molecule has 3 rings (SSSR count). The zero-order valence-electron chi connectivity index (χ0n) is 21.2. The Morgan fingerprint density at radius 2 is 2.00 bits per heavy atom. The highest BCUT2D eigenvalue weighted by Crippen LogP contribution is 2.32. The lowest BCUT2D eigenvalue weighted by Crippen LogP contribution is -2.57. The van der Waals surface area contributed by atoms with Crippen LogP contribution in [0.5, 0.6) is 0 Å². The summed E-state index contributed by atoms with van der Waals surface area (Å²) in [6.07, 6.45) is 1.50. The molecule has 3 unspecified atom stereocenters. The summed E-state index contributed by atoms with van der Waals surface area (Å²) in [7, 11) is 0. The minimum Gasteiger partial charge on any atom is -0.390 e. The average Bonchev–Trinajstić information content (AvgIpc) is 2.76. The topological polar surface area (TPSA) is 73.4 Å². The number of aryl methyl sites for hydroxylation is 1. The van der Waals surface area contributed by atoms with Crippen LogP contribution in [0.3, 0.4) is 0 Å². The smallest absolute Gasteiger partial charge is 0.217 e. The van der Waals surface area contributed by atoms with Crippen molar-refractivity contribution in [2.75, 3.05) is 19.6 Å². The molecular weight excluding hydrogens is 429 g/mol. The molecule has 1 saturated heterocycles. The van der Waals surface area contributed by atoms with Crippen molar-refractivity contribution in [3.8, 4) is 0 Å². The van der Waals surface area contributed by atoms with Gasteiger partial charge in [-0.15, -0.1) is 0 Å². The molecule has 4 N–H and O–H groups in total. The van der Waals surface area contributed by atoms with Crippen LogP contribution in [-0.4, -0.2) is 42.8 Å². The van der Waals surface area contributed by atoms with Gasteiger partial charge in [0.2, 0.25) is 5.91 Å². The van der Waals surface area contributed by atoms with Gasteiger partial charge in [0.15, 0.2) is 0 Å². The van der Waals surface area contributed by atoms with E-state index in [1.54, 1.807) is 0 Å². The molecular formula is C28H40FN3O2. The first-order valence-corrected chi connectivity index (χ1v) is 12.3. The Bertz CT molecular complexity index is 960. The van der Waals surface area contributed by atoms with E-state index in [0.29, 0.717) is 13.0 Å². The number of hydrogen-bond donors (Lipinski definition) is 4. The first-order chi connectivity index (χ1) is 16.0. The second kappa shape index (κ2) is 11.0. The molecule has 2 aromatic rings. The summed E-state index contributed by atoms with van der Waals surface area (Å²) in [6.45, 7) is 11.9. The molecule has 6 heteroatoms. The average molecular weight is 470 g/mol. The third kappa shape index (κ3) is 6.87. The highest BCUT2D eigenvalue weighted by molar-refractivity contribution is 5.73. The minimum atomic E-state index is -0.836. The molecule has 5 nitrogen and oxygen atoms in total. The summed E-state index contributed by atoms with van der Waals surface area (Å²) < 4.78 is 13.9. The van der Waals surface area contributed by atoms with Crippen LogP contribution < -0.4 is 16.0 Å². The van der Waals surface area contributed by atoms with E-state index < -0.39 is 12.1 Å². The van der Waals surface area contributed by atoms with Crippen molar-refractivity contribution in [1.29, 1.82) is 0 Å². The SMILES string of the molecule is CC(=O)NC(Cc1cc(C)cc(F)c1)C(O)CNC1(c2cccc(C(C)(C)C)c2)CCCNC1. The van der Waals surface area contributed by atoms with Gasteiger partial charge in [-0.1, -0.05) is 51.1 Å². The van der Waals surface area contributed by atoms with Crippen molar-refractivity contribution in [2.45, 2.75) is 77.0 Å². The number of aliphatic hydroxyl groups is 1. The third-order valence-electron chi connectivity index (χ3n) is 6.73. The number of carbonyl (C=O) groups excluding carboxylic acids is 1. The van der Waals surface area contributed by atoms with Crippen LogP contribution in [0.1, 0.15) is 62.8 Å². The number of nitrogens with one attached hydrogen (secondary N) is 3. The van der Waals surface area contributed by atoms with Crippen LogP contribution in [0.25, 0.3) is 0 Å². The van der Waals surface area contributed by atoms with Crippen LogP contribution in [0.4, 0.5) is 4.39 Å².